The standard InChI is InChI=1S/C14H15ClN2/c15-10-13-12-8-4-5-9-14(12)17(16-13)11-6-2-1-3-7-11/h1-3,6-7H,4-5,8-10H2. The molecule has 0 fully saturated rings. The molecule has 17 heavy (non-hydrogen) atoms. The van der Waals surface area contributed by atoms with Crippen molar-refractivity contribution < 1.29 is 0 Å². The van der Waals surface area contributed by atoms with Crippen LogP contribution in [0.15, 0.2) is 30.3 Å². The zero-order chi connectivity index (χ0) is 11.7. The van der Waals surface area contributed by atoms with Crippen LogP contribution >= 0.6 is 11.6 Å². The van der Waals surface area contributed by atoms with Gasteiger partial charge in [-0.25, -0.2) is 4.68 Å². The lowest BCUT2D eigenvalue weighted by Crippen LogP contribution is -2.07. The van der Waals surface area contributed by atoms with Crippen LogP contribution in [-0.4, -0.2) is 9.78 Å². The van der Waals surface area contributed by atoms with Gasteiger partial charge in [0.1, 0.15) is 0 Å². The molecule has 2 nitrogen and oxygen atoms in total. The van der Waals surface area contributed by atoms with Crippen LogP contribution in [0.4, 0.5) is 0 Å². The Hall–Kier alpha value is -1.28. The summed E-state index contributed by atoms with van der Waals surface area (Å²) in [6.45, 7) is 0. The molecule has 1 heterocycles. The van der Waals surface area contributed by atoms with Crippen LogP contribution in [0.1, 0.15) is 29.8 Å². The molecule has 1 aliphatic rings. The lowest BCUT2D eigenvalue weighted by atomic mass is 9.96. The van der Waals surface area contributed by atoms with Gasteiger partial charge in [-0.05, 0) is 43.4 Å². The summed E-state index contributed by atoms with van der Waals surface area (Å²) >= 11 is 5.99. The van der Waals surface area contributed by atoms with Gasteiger partial charge in [-0.2, -0.15) is 5.10 Å². The van der Waals surface area contributed by atoms with Gasteiger partial charge in [0.15, 0.2) is 0 Å². The van der Waals surface area contributed by atoms with Gasteiger partial charge in [0.05, 0.1) is 17.3 Å². The molecule has 0 N–H and O–H groups in total. The third-order valence-electron chi connectivity index (χ3n) is 3.39. The van der Waals surface area contributed by atoms with Gasteiger partial charge in [-0.1, -0.05) is 18.2 Å². The van der Waals surface area contributed by atoms with Crippen LogP contribution in [0.25, 0.3) is 5.69 Å². The molecule has 0 saturated carbocycles. The fraction of sp³-hybridized carbons (Fsp3) is 0.357. The van der Waals surface area contributed by atoms with Crippen molar-refractivity contribution in [1.82, 2.24) is 9.78 Å². The van der Waals surface area contributed by atoms with Crippen molar-refractivity contribution in [1.29, 1.82) is 0 Å². The van der Waals surface area contributed by atoms with Gasteiger partial charge < -0.3 is 0 Å². The number of nitrogens with zero attached hydrogens (tertiary/aromatic N) is 2. The summed E-state index contributed by atoms with van der Waals surface area (Å²) in [7, 11) is 0. The summed E-state index contributed by atoms with van der Waals surface area (Å²) in [4.78, 5) is 0. The smallest absolute Gasteiger partial charge is 0.0811 e. The first kappa shape index (κ1) is 10.8. The van der Waals surface area contributed by atoms with Crippen molar-refractivity contribution >= 4 is 11.6 Å². The highest BCUT2D eigenvalue weighted by molar-refractivity contribution is 6.17. The first-order valence-electron chi connectivity index (χ1n) is 6.11. The Balaban J connectivity index is 2.14. The van der Waals surface area contributed by atoms with Gasteiger partial charge in [-0.15, -0.1) is 11.6 Å². The summed E-state index contributed by atoms with van der Waals surface area (Å²) < 4.78 is 2.08. The lowest BCUT2D eigenvalue weighted by molar-refractivity contribution is 0.653. The first-order valence-corrected chi connectivity index (χ1v) is 6.64. The average molecular weight is 247 g/mol. The third-order valence-corrected chi connectivity index (χ3v) is 3.64. The molecule has 0 spiro atoms. The number of hydrogen-bond donors (Lipinski definition) is 0. The second-order valence-electron chi connectivity index (χ2n) is 4.46. The molecule has 0 radical (unpaired) electrons. The topological polar surface area (TPSA) is 17.8 Å². The van der Waals surface area contributed by atoms with Gasteiger partial charge in [0, 0.05) is 5.69 Å². The number of halogens is 1. The maximum atomic E-state index is 5.99. The highest BCUT2D eigenvalue weighted by atomic mass is 35.5. The van der Waals surface area contributed by atoms with E-state index in [2.05, 4.69) is 21.9 Å². The van der Waals surface area contributed by atoms with Crippen LogP contribution in [0, 0.1) is 0 Å². The Morgan fingerprint density at radius 2 is 1.88 bits per heavy atom. The van der Waals surface area contributed by atoms with Gasteiger partial charge in [-0.3, -0.25) is 0 Å². The molecule has 0 atom stereocenters. The van der Waals surface area contributed by atoms with E-state index in [0.717, 1.165) is 24.2 Å². The van der Waals surface area contributed by atoms with E-state index < -0.39 is 0 Å². The van der Waals surface area contributed by atoms with Crippen molar-refractivity contribution in [3.05, 3.63) is 47.3 Å². The fourth-order valence-electron chi connectivity index (χ4n) is 2.57. The molecule has 0 unspecified atom stereocenters. The Morgan fingerprint density at radius 1 is 1.12 bits per heavy atom. The Bertz CT molecular complexity index is 517. The van der Waals surface area contributed by atoms with Gasteiger partial charge in [0.25, 0.3) is 0 Å². The molecule has 1 aliphatic carbocycles. The first-order chi connectivity index (χ1) is 8.40. The van der Waals surface area contributed by atoms with E-state index in [1.807, 2.05) is 18.2 Å². The van der Waals surface area contributed by atoms with Crippen LogP contribution in [0.2, 0.25) is 0 Å². The predicted octanol–water partition coefficient (Wildman–Crippen LogP) is 3.49. The molecular formula is C14H15ClN2. The quantitative estimate of drug-likeness (QED) is 0.742. The van der Waals surface area contributed by atoms with Crippen LogP contribution in [0.5, 0.6) is 0 Å². The maximum Gasteiger partial charge on any atom is 0.0811 e. The van der Waals surface area contributed by atoms with E-state index in [-0.39, 0.29) is 0 Å². The summed E-state index contributed by atoms with van der Waals surface area (Å²) in [5.41, 5.74) is 4.94. The summed E-state index contributed by atoms with van der Waals surface area (Å²) in [5, 5.41) is 4.67. The van der Waals surface area contributed by atoms with Gasteiger partial charge >= 0.3 is 0 Å². The van der Waals surface area contributed by atoms with E-state index in [0.29, 0.717) is 5.88 Å². The number of rotatable bonds is 2. The van der Waals surface area contributed by atoms with Gasteiger partial charge in [0.2, 0.25) is 0 Å². The molecule has 2 aromatic rings. The van der Waals surface area contributed by atoms with E-state index in [9.17, 15) is 0 Å². The summed E-state index contributed by atoms with van der Waals surface area (Å²) in [6, 6.07) is 10.3. The number of hydrogen-bond acceptors (Lipinski definition) is 1. The highest BCUT2D eigenvalue weighted by Crippen LogP contribution is 2.27. The number of para-hydroxylation sites is 1. The highest BCUT2D eigenvalue weighted by Gasteiger charge is 2.20. The van der Waals surface area contributed by atoms with Crippen LogP contribution < -0.4 is 0 Å². The molecule has 0 aliphatic heterocycles. The normalized spacial score (nSPS) is 14.6. The fourth-order valence-corrected chi connectivity index (χ4v) is 2.78. The van der Waals surface area contributed by atoms with Crippen LogP contribution in [0.3, 0.4) is 0 Å². The Kier molecular flexibility index (Phi) is 2.89. The van der Waals surface area contributed by atoms with Crippen molar-refractivity contribution in [2.24, 2.45) is 0 Å². The molecular weight excluding hydrogens is 232 g/mol. The molecule has 3 heteroatoms. The molecule has 1 aromatic heterocycles. The Labute approximate surface area is 106 Å². The van der Waals surface area contributed by atoms with E-state index in [4.69, 9.17) is 11.6 Å². The minimum absolute atomic E-state index is 0.516. The van der Waals surface area contributed by atoms with Crippen molar-refractivity contribution in [3.8, 4) is 5.69 Å². The SMILES string of the molecule is ClCc1nn(-c2ccccc2)c2c1CCCC2. The largest absolute Gasteiger partial charge is 0.237 e. The van der Waals surface area contributed by atoms with Crippen molar-refractivity contribution in [3.63, 3.8) is 0 Å². The molecule has 0 amide bonds. The summed E-state index contributed by atoms with van der Waals surface area (Å²) in [6.07, 6.45) is 4.77. The molecule has 0 bridgehead atoms. The van der Waals surface area contributed by atoms with E-state index >= 15 is 0 Å². The number of benzene rings is 1. The van der Waals surface area contributed by atoms with E-state index in [1.54, 1.807) is 0 Å². The molecule has 88 valence electrons. The van der Waals surface area contributed by atoms with Crippen LogP contribution in [-0.2, 0) is 18.7 Å². The second-order valence-corrected chi connectivity index (χ2v) is 4.73. The Morgan fingerprint density at radius 3 is 2.65 bits per heavy atom. The lowest BCUT2D eigenvalue weighted by Gasteiger charge is -2.14. The number of aromatic nitrogens is 2. The zero-order valence-electron chi connectivity index (χ0n) is 9.69. The predicted molar refractivity (Wildman–Crippen MR) is 69.8 cm³/mol. The second kappa shape index (κ2) is 4.53. The zero-order valence-corrected chi connectivity index (χ0v) is 10.5. The minimum Gasteiger partial charge on any atom is -0.237 e. The minimum atomic E-state index is 0.516. The van der Waals surface area contributed by atoms with E-state index in [1.165, 1.54) is 24.1 Å². The van der Waals surface area contributed by atoms with Crippen molar-refractivity contribution in [2.75, 3.05) is 0 Å². The van der Waals surface area contributed by atoms with Crippen molar-refractivity contribution in [2.45, 2.75) is 31.6 Å². The number of alkyl halides is 1. The summed E-state index contributed by atoms with van der Waals surface area (Å²) in [5.74, 6) is 0.516. The number of fused-ring (bicyclic) bond motifs is 1. The maximum absolute atomic E-state index is 5.99. The third kappa shape index (κ3) is 1.87. The average Bonchev–Trinajstić information content (AvgIpc) is 2.78. The molecule has 3 rings (SSSR count). The monoisotopic (exact) mass is 246 g/mol. The molecule has 0 saturated heterocycles. The molecule has 1 aromatic carbocycles.